The average Bonchev–Trinajstić information content (AvgIpc) is 2.55. The van der Waals surface area contributed by atoms with Gasteiger partial charge in [-0.25, -0.2) is 20.4 Å². The lowest BCUT2D eigenvalue weighted by Crippen LogP contribution is -1.91. The van der Waals surface area contributed by atoms with E-state index in [4.69, 9.17) is 42.2 Å². The molecule has 0 aliphatic carbocycles. The number of carbonyl (C=O) groups excluding carboxylic acids is 2. The Bertz CT molecular complexity index is 724. The molecule has 0 aliphatic rings. The Balaban J connectivity index is 0. The van der Waals surface area contributed by atoms with E-state index in [1.54, 1.807) is 0 Å². The van der Waals surface area contributed by atoms with Crippen molar-refractivity contribution in [1.82, 2.24) is 0 Å². The van der Waals surface area contributed by atoms with Crippen molar-refractivity contribution in [2.45, 2.75) is 13.8 Å². The topological polar surface area (TPSA) is 178 Å². The lowest BCUT2D eigenvalue weighted by atomic mass is 10.0. The first-order valence-corrected chi connectivity index (χ1v) is 6.66. The van der Waals surface area contributed by atoms with Crippen LogP contribution in [0.15, 0.2) is 36.4 Å². The number of nitriles is 1. The number of anilines is 2. The Morgan fingerprint density at radius 1 is 0.880 bits per heavy atom. The van der Waals surface area contributed by atoms with Gasteiger partial charge in [-0.1, -0.05) is 12.1 Å². The van der Waals surface area contributed by atoms with E-state index < -0.39 is 0 Å². The molecule has 0 aromatic heterocycles. The van der Waals surface area contributed by atoms with Crippen molar-refractivity contribution >= 4 is 23.5 Å². The van der Waals surface area contributed by atoms with Crippen LogP contribution in [0.25, 0.3) is 11.1 Å². The second kappa shape index (κ2) is 13.7. The van der Waals surface area contributed by atoms with Gasteiger partial charge in [0.1, 0.15) is 0 Å². The number of rotatable bonds is 1. The molecule has 0 aliphatic heterocycles. The highest BCUT2D eigenvalue weighted by atomic mass is 16.2. The van der Waals surface area contributed by atoms with Gasteiger partial charge in [-0.15, -0.1) is 0 Å². The third kappa shape index (κ3) is 9.66. The van der Waals surface area contributed by atoms with E-state index in [2.05, 4.69) is 12.1 Å². The number of aliphatic hydroxyl groups is 1. The van der Waals surface area contributed by atoms with E-state index in [1.807, 2.05) is 38.1 Å². The van der Waals surface area contributed by atoms with Crippen molar-refractivity contribution in [3.63, 3.8) is 0 Å². The van der Waals surface area contributed by atoms with Gasteiger partial charge in [-0.2, -0.15) is 5.26 Å². The number of aryl methyl sites for hydroxylation is 2. The van der Waals surface area contributed by atoms with Crippen molar-refractivity contribution in [2.75, 3.05) is 11.5 Å². The molecule has 2 aromatic carbocycles. The van der Waals surface area contributed by atoms with Crippen LogP contribution >= 0.6 is 0 Å². The third-order valence-electron chi connectivity index (χ3n) is 2.87. The molecule has 0 saturated carbocycles. The van der Waals surface area contributed by atoms with Gasteiger partial charge in [0.05, 0.1) is 0 Å². The van der Waals surface area contributed by atoms with Gasteiger partial charge in [0, 0.05) is 11.4 Å². The molecule has 0 unspecified atom stereocenters. The summed E-state index contributed by atoms with van der Waals surface area (Å²) in [5.41, 5.74) is 17.8. The summed E-state index contributed by atoms with van der Waals surface area (Å²) in [6, 6.07) is 12.1. The maximum atomic E-state index is 8.35. The van der Waals surface area contributed by atoms with Crippen LogP contribution in [0.5, 0.6) is 0 Å². The SMILES string of the molecule is Cc1cc(-c2ccc(N)c(C)c2)ccc1N.N#CO.N=C=O.N=C=O. The van der Waals surface area contributed by atoms with Gasteiger partial charge < -0.3 is 16.6 Å². The van der Waals surface area contributed by atoms with Crippen LogP contribution in [0, 0.1) is 36.2 Å². The van der Waals surface area contributed by atoms with Crippen LogP contribution in [0.3, 0.4) is 0 Å². The van der Waals surface area contributed by atoms with E-state index in [1.165, 1.54) is 11.1 Å². The van der Waals surface area contributed by atoms with E-state index in [0.29, 0.717) is 0 Å². The Morgan fingerprint density at radius 3 is 1.32 bits per heavy atom. The van der Waals surface area contributed by atoms with Crippen molar-refractivity contribution < 1.29 is 14.7 Å². The molecule has 8 nitrogen and oxygen atoms in total. The number of nitrogen functional groups attached to an aromatic ring is 2. The van der Waals surface area contributed by atoms with E-state index in [0.717, 1.165) is 40.9 Å². The van der Waals surface area contributed by atoms with Gasteiger partial charge in [-0.3, -0.25) is 0 Å². The fraction of sp³-hybridized carbons (Fsp3) is 0.118. The minimum Gasteiger partial charge on any atom is -0.443 e. The predicted molar refractivity (Wildman–Crippen MR) is 94.6 cm³/mol. The first kappa shape index (κ1) is 23.4. The highest BCUT2D eigenvalue weighted by Gasteiger charge is 2.01. The fourth-order valence-corrected chi connectivity index (χ4v) is 1.71. The maximum absolute atomic E-state index is 8.35. The number of nitrogens with zero attached hydrogens (tertiary/aromatic N) is 1. The lowest BCUT2D eigenvalue weighted by molar-refractivity contribution is 0.503. The predicted octanol–water partition coefficient (Wildman–Crippen LogP) is 2.78. The molecule has 2 aromatic rings. The first-order valence-electron chi connectivity index (χ1n) is 6.66. The van der Waals surface area contributed by atoms with Crippen molar-refractivity contribution in [1.29, 1.82) is 16.1 Å². The second-order valence-corrected chi connectivity index (χ2v) is 4.45. The molecule has 0 bridgehead atoms. The highest BCUT2D eigenvalue weighted by Crippen LogP contribution is 2.25. The van der Waals surface area contributed by atoms with E-state index >= 15 is 0 Å². The lowest BCUT2D eigenvalue weighted by Gasteiger charge is -2.07. The molecule has 8 heteroatoms. The molecular weight excluding hydrogens is 322 g/mol. The fourth-order valence-electron chi connectivity index (χ4n) is 1.71. The standard InChI is InChI=1S/C14H16N2.3CHNO/c1-9-7-11(3-5-13(9)15)12-4-6-14(16)10(2)8-12;3*2-1-3/h3-8H,15-16H2,1-2H3;3H;2*2H. The molecule has 0 spiro atoms. The van der Waals surface area contributed by atoms with Gasteiger partial charge in [0.2, 0.25) is 12.2 Å². The third-order valence-corrected chi connectivity index (χ3v) is 2.87. The van der Waals surface area contributed by atoms with Crippen molar-refractivity contribution in [3.8, 4) is 17.4 Å². The summed E-state index contributed by atoms with van der Waals surface area (Å²) in [6.45, 7) is 4.03. The Morgan fingerprint density at radius 2 is 1.12 bits per heavy atom. The summed E-state index contributed by atoms with van der Waals surface area (Å²) in [6.07, 6.45) is 2.25. The number of nitrogens with one attached hydrogen (secondary N) is 2. The number of aliphatic hydroxyl groups excluding tert-OH is 1. The normalized spacial score (nSPS) is 7.56. The van der Waals surface area contributed by atoms with Gasteiger partial charge in [0.25, 0.3) is 6.26 Å². The maximum Gasteiger partial charge on any atom is 0.283 e. The molecule has 0 amide bonds. The first-order chi connectivity index (χ1) is 11.8. The molecular formula is C17H19N5O3. The van der Waals surface area contributed by atoms with Crippen LogP contribution in [0.4, 0.5) is 11.4 Å². The van der Waals surface area contributed by atoms with Crippen LogP contribution in [-0.4, -0.2) is 17.3 Å². The van der Waals surface area contributed by atoms with Gasteiger partial charge in [-0.05, 0) is 60.4 Å². The summed E-state index contributed by atoms with van der Waals surface area (Å²) in [4.78, 5) is 16.7. The van der Waals surface area contributed by atoms with E-state index in [9.17, 15) is 0 Å². The van der Waals surface area contributed by atoms with Gasteiger partial charge in [0.15, 0.2) is 0 Å². The Labute approximate surface area is 145 Å². The molecule has 7 N–H and O–H groups in total. The zero-order chi connectivity index (χ0) is 19.8. The summed E-state index contributed by atoms with van der Waals surface area (Å²) in [5, 5.41) is 24.6. The summed E-state index contributed by atoms with van der Waals surface area (Å²) >= 11 is 0. The summed E-state index contributed by atoms with van der Waals surface area (Å²) in [5.74, 6) is 0. The monoisotopic (exact) mass is 341 g/mol. The smallest absolute Gasteiger partial charge is 0.283 e. The van der Waals surface area contributed by atoms with Crippen molar-refractivity contribution in [2.24, 2.45) is 0 Å². The van der Waals surface area contributed by atoms with E-state index in [-0.39, 0.29) is 0 Å². The highest BCUT2D eigenvalue weighted by molar-refractivity contribution is 5.70. The number of isocyanates is 2. The molecule has 0 atom stereocenters. The average molecular weight is 341 g/mol. The number of hydrogen-bond acceptors (Lipinski definition) is 8. The molecule has 25 heavy (non-hydrogen) atoms. The van der Waals surface area contributed by atoms with Gasteiger partial charge >= 0.3 is 0 Å². The zero-order valence-corrected chi connectivity index (χ0v) is 13.8. The summed E-state index contributed by atoms with van der Waals surface area (Å²) in [7, 11) is 0. The molecule has 0 heterocycles. The van der Waals surface area contributed by atoms with Crippen molar-refractivity contribution in [3.05, 3.63) is 47.5 Å². The Hall–Kier alpha value is -3.91. The number of benzene rings is 2. The quantitative estimate of drug-likeness (QED) is 0.230. The minimum atomic E-state index is 0.750. The molecule has 0 fully saturated rings. The molecule has 130 valence electrons. The van der Waals surface area contributed by atoms with Crippen LogP contribution in [-0.2, 0) is 9.59 Å². The van der Waals surface area contributed by atoms with Crippen LogP contribution in [0.1, 0.15) is 11.1 Å². The molecule has 2 rings (SSSR count). The van der Waals surface area contributed by atoms with Crippen LogP contribution in [0.2, 0.25) is 0 Å². The molecule has 0 saturated heterocycles. The van der Waals surface area contributed by atoms with Crippen LogP contribution < -0.4 is 11.5 Å². The largest absolute Gasteiger partial charge is 0.443 e. The minimum absolute atomic E-state index is 0.750. The molecule has 0 radical (unpaired) electrons. The number of nitrogens with two attached hydrogens (primary N) is 2. The second-order valence-electron chi connectivity index (χ2n) is 4.45. The Kier molecular flexibility index (Phi) is 12.8. The zero-order valence-electron chi connectivity index (χ0n) is 13.8. The summed E-state index contributed by atoms with van der Waals surface area (Å²) < 4.78 is 0. The number of hydrogen-bond donors (Lipinski definition) is 5.